The van der Waals surface area contributed by atoms with Crippen molar-refractivity contribution in [2.45, 2.75) is 51.5 Å². The molecule has 1 rings (SSSR count). The van der Waals surface area contributed by atoms with Gasteiger partial charge in [0.05, 0.1) is 19.8 Å². The van der Waals surface area contributed by atoms with Gasteiger partial charge in [-0.25, -0.2) is 4.79 Å². The third-order valence-corrected chi connectivity index (χ3v) is 3.01. The number of amides is 1. The van der Waals surface area contributed by atoms with Gasteiger partial charge < -0.3 is 19.7 Å². The minimum atomic E-state index is -1.09. The minimum Gasteiger partial charge on any atom is -0.465 e. The molecule has 0 aliphatic carbocycles. The third-order valence-electron chi connectivity index (χ3n) is 3.01. The standard InChI is InChI=1S/C12H23NO5/c1-10(2,3)13(9(15)16)12(6-14)7-17-11(4,5)18-8-12/h14H,6-8H2,1-5H3,(H,15,16). The van der Waals surface area contributed by atoms with Crippen LogP contribution in [0.25, 0.3) is 0 Å². The van der Waals surface area contributed by atoms with Gasteiger partial charge in [-0.3, -0.25) is 4.90 Å². The average Bonchev–Trinajstić information content (AvgIpc) is 2.19. The Morgan fingerprint density at radius 3 is 2.00 bits per heavy atom. The molecule has 6 nitrogen and oxygen atoms in total. The van der Waals surface area contributed by atoms with Crippen LogP contribution in [0.1, 0.15) is 34.6 Å². The number of carboxylic acid groups (broad SMARTS) is 1. The molecule has 0 unspecified atom stereocenters. The van der Waals surface area contributed by atoms with Crippen molar-refractivity contribution in [3.63, 3.8) is 0 Å². The van der Waals surface area contributed by atoms with Crippen molar-refractivity contribution < 1.29 is 24.5 Å². The summed E-state index contributed by atoms with van der Waals surface area (Å²) < 4.78 is 11.0. The number of aliphatic hydroxyl groups excluding tert-OH is 1. The van der Waals surface area contributed by atoms with Gasteiger partial charge in [0.15, 0.2) is 5.79 Å². The van der Waals surface area contributed by atoms with Gasteiger partial charge in [-0.2, -0.15) is 0 Å². The zero-order chi connectivity index (χ0) is 14.2. The van der Waals surface area contributed by atoms with E-state index in [1.165, 1.54) is 4.90 Å². The van der Waals surface area contributed by atoms with E-state index in [2.05, 4.69) is 0 Å². The van der Waals surface area contributed by atoms with Crippen LogP contribution in [0.5, 0.6) is 0 Å². The van der Waals surface area contributed by atoms with E-state index in [4.69, 9.17) is 9.47 Å². The van der Waals surface area contributed by atoms with Gasteiger partial charge in [0.25, 0.3) is 0 Å². The summed E-state index contributed by atoms with van der Waals surface area (Å²) in [6, 6.07) is 0. The molecular weight excluding hydrogens is 238 g/mol. The SMILES string of the molecule is CC1(C)OCC(CO)(N(C(=O)O)C(C)(C)C)CO1. The summed E-state index contributed by atoms with van der Waals surface area (Å²) in [4.78, 5) is 12.7. The van der Waals surface area contributed by atoms with Crippen LogP contribution in [-0.4, -0.2) is 57.9 Å². The van der Waals surface area contributed by atoms with Crippen LogP contribution >= 0.6 is 0 Å². The second kappa shape index (κ2) is 4.68. The first-order valence-corrected chi connectivity index (χ1v) is 5.96. The van der Waals surface area contributed by atoms with Crippen LogP contribution in [0.2, 0.25) is 0 Å². The van der Waals surface area contributed by atoms with Crippen LogP contribution in [0.15, 0.2) is 0 Å². The highest BCUT2D eigenvalue weighted by Gasteiger charge is 2.50. The molecule has 0 aromatic heterocycles. The molecule has 0 radical (unpaired) electrons. The molecule has 1 heterocycles. The number of nitrogens with zero attached hydrogens (tertiary/aromatic N) is 1. The fourth-order valence-electron chi connectivity index (χ4n) is 2.19. The predicted molar refractivity (Wildman–Crippen MR) is 65.4 cm³/mol. The molecule has 0 atom stereocenters. The monoisotopic (exact) mass is 261 g/mol. The molecule has 106 valence electrons. The second-order valence-electron chi connectivity index (χ2n) is 6.15. The largest absolute Gasteiger partial charge is 0.465 e. The van der Waals surface area contributed by atoms with E-state index in [9.17, 15) is 15.0 Å². The fourth-order valence-corrected chi connectivity index (χ4v) is 2.19. The highest BCUT2D eigenvalue weighted by atomic mass is 16.7. The zero-order valence-electron chi connectivity index (χ0n) is 11.7. The molecule has 1 aliphatic rings. The summed E-state index contributed by atoms with van der Waals surface area (Å²) in [7, 11) is 0. The Balaban J connectivity index is 3.04. The minimum absolute atomic E-state index is 0.111. The predicted octanol–water partition coefficient (Wildman–Crippen LogP) is 1.28. The molecule has 0 spiro atoms. The van der Waals surface area contributed by atoms with E-state index in [1.807, 2.05) is 0 Å². The van der Waals surface area contributed by atoms with Gasteiger partial charge >= 0.3 is 6.09 Å². The lowest BCUT2D eigenvalue weighted by Gasteiger charge is -2.51. The summed E-state index contributed by atoms with van der Waals surface area (Å²) >= 11 is 0. The number of aliphatic hydroxyl groups is 1. The van der Waals surface area contributed by atoms with Gasteiger partial charge in [0, 0.05) is 5.54 Å². The van der Waals surface area contributed by atoms with E-state index in [-0.39, 0.29) is 19.8 Å². The maximum atomic E-state index is 11.5. The number of rotatable bonds is 2. The molecule has 2 N–H and O–H groups in total. The first-order valence-electron chi connectivity index (χ1n) is 5.96. The lowest BCUT2D eigenvalue weighted by atomic mass is 9.92. The molecular formula is C12H23NO5. The van der Waals surface area contributed by atoms with Crippen molar-refractivity contribution in [3.05, 3.63) is 0 Å². The van der Waals surface area contributed by atoms with E-state index in [0.717, 1.165) is 0 Å². The smallest absolute Gasteiger partial charge is 0.408 e. The average molecular weight is 261 g/mol. The Hall–Kier alpha value is -0.850. The summed E-state index contributed by atoms with van der Waals surface area (Å²) in [5.41, 5.74) is -1.71. The highest BCUT2D eigenvalue weighted by molar-refractivity contribution is 5.67. The first-order chi connectivity index (χ1) is 8.04. The summed E-state index contributed by atoms with van der Waals surface area (Å²) in [6.07, 6.45) is -1.09. The van der Waals surface area contributed by atoms with E-state index in [1.54, 1.807) is 34.6 Å². The Morgan fingerprint density at radius 1 is 1.28 bits per heavy atom. The molecule has 1 aliphatic heterocycles. The summed E-state index contributed by atoms with van der Waals surface area (Å²) in [5.74, 6) is -0.749. The van der Waals surface area contributed by atoms with Gasteiger partial charge in [0.1, 0.15) is 5.54 Å². The summed E-state index contributed by atoms with van der Waals surface area (Å²) in [6.45, 7) is 8.73. The number of hydrogen-bond donors (Lipinski definition) is 2. The molecule has 0 saturated carbocycles. The van der Waals surface area contributed by atoms with Crippen molar-refractivity contribution in [1.82, 2.24) is 4.90 Å². The van der Waals surface area contributed by atoms with Crippen LogP contribution in [0.4, 0.5) is 4.79 Å². The van der Waals surface area contributed by atoms with Gasteiger partial charge in [-0.05, 0) is 34.6 Å². The van der Waals surface area contributed by atoms with Crippen molar-refractivity contribution in [2.24, 2.45) is 0 Å². The van der Waals surface area contributed by atoms with Crippen molar-refractivity contribution in [3.8, 4) is 0 Å². The third kappa shape index (κ3) is 2.93. The van der Waals surface area contributed by atoms with Gasteiger partial charge in [-0.15, -0.1) is 0 Å². The highest BCUT2D eigenvalue weighted by Crippen LogP contribution is 2.32. The maximum absolute atomic E-state index is 11.5. The van der Waals surface area contributed by atoms with E-state index in [0.29, 0.717) is 0 Å². The maximum Gasteiger partial charge on any atom is 0.408 e. The quantitative estimate of drug-likeness (QED) is 0.782. The molecule has 6 heteroatoms. The molecule has 1 fully saturated rings. The van der Waals surface area contributed by atoms with E-state index >= 15 is 0 Å². The van der Waals surface area contributed by atoms with Gasteiger partial charge in [0.2, 0.25) is 0 Å². The molecule has 0 aromatic carbocycles. The van der Waals surface area contributed by atoms with Crippen molar-refractivity contribution in [1.29, 1.82) is 0 Å². The van der Waals surface area contributed by atoms with Crippen molar-refractivity contribution in [2.75, 3.05) is 19.8 Å². The topological polar surface area (TPSA) is 79.2 Å². The lowest BCUT2D eigenvalue weighted by molar-refractivity contribution is -0.293. The number of carbonyl (C=O) groups is 1. The van der Waals surface area contributed by atoms with Gasteiger partial charge in [-0.1, -0.05) is 0 Å². The number of ether oxygens (including phenoxy) is 2. The first kappa shape index (κ1) is 15.2. The molecule has 0 bridgehead atoms. The van der Waals surface area contributed by atoms with Crippen LogP contribution in [-0.2, 0) is 9.47 Å². The molecule has 1 amide bonds. The Kier molecular flexibility index (Phi) is 3.95. The second-order valence-corrected chi connectivity index (χ2v) is 6.15. The Labute approximate surface area is 107 Å². The molecule has 1 saturated heterocycles. The van der Waals surface area contributed by atoms with Crippen LogP contribution < -0.4 is 0 Å². The lowest BCUT2D eigenvalue weighted by Crippen LogP contribution is -2.68. The van der Waals surface area contributed by atoms with Crippen LogP contribution in [0, 0.1) is 0 Å². The Bertz CT molecular complexity index is 311. The zero-order valence-corrected chi connectivity index (χ0v) is 11.7. The normalized spacial score (nSPS) is 22.6. The van der Waals surface area contributed by atoms with E-state index < -0.39 is 23.0 Å². The van der Waals surface area contributed by atoms with Crippen molar-refractivity contribution >= 4 is 6.09 Å². The number of hydrogen-bond acceptors (Lipinski definition) is 4. The fraction of sp³-hybridized carbons (Fsp3) is 0.917. The molecule has 0 aromatic rings. The summed E-state index contributed by atoms with van der Waals surface area (Å²) in [5, 5.41) is 19.0. The molecule has 18 heavy (non-hydrogen) atoms. The van der Waals surface area contributed by atoms with Crippen LogP contribution in [0.3, 0.4) is 0 Å². The Morgan fingerprint density at radius 2 is 1.72 bits per heavy atom.